The molecular weight excluding hydrogens is 336 g/mol. The third kappa shape index (κ3) is 3.28. The number of imidazole rings is 1. The van der Waals surface area contributed by atoms with Crippen LogP contribution in [0.3, 0.4) is 0 Å². The van der Waals surface area contributed by atoms with E-state index in [1.54, 1.807) is 18.5 Å². The Labute approximate surface area is 148 Å². The number of nitrogens with zero attached hydrogens (tertiary/aromatic N) is 4. The summed E-state index contributed by atoms with van der Waals surface area (Å²) in [7, 11) is 0. The number of H-pyrrole nitrogens is 1. The van der Waals surface area contributed by atoms with E-state index in [1.165, 1.54) is 11.5 Å². The summed E-state index contributed by atoms with van der Waals surface area (Å²) in [5.74, 6) is 0.266. The second-order valence-corrected chi connectivity index (χ2v) is 5.90. The predicted octanol–water partition coefficient (Wildman–Crippen LogP) is 0.494. The highest BCUT2D eigenvalue weighted by Gasteiger charge is 2.17. The second kappa shape index (κ2) is 7.34. The largest absolute Gasteiger partial charge is 0.355 e. The van der Waals surface area contributed by atoms with E-state index in [9.17, 15) is 14.4 Å². The first-order valence-corrected chi connectivity index (χ1v) is 8.41. The summed E-state index contributed by atoms with van der Waals surface area (Å²) >= 11 is 0. The van der Waals surface area contributed by atoms with Crippen molar-refractivity contribution < 1.29 is 4.79 Å². The zero-order valence-corrected chi connectivity index (χ0v) is 14.7. The Hall–Kier alpha value is -3.23. The van der Waals surface area contributed by atoms with Crippen molar-refractivity contribution in [2.45, 2.75) is 33.4 Å². The topological polar surface area (TPSA) is 115 Å². The van der Waals surface area contributed by atoms with E-state index in [0.717, 1.165) is 10.1 Å². The zero-order chi connectivity index (χ0) is 18.7. The minimum atomic E-state index is -0.453. The van der Waals surface area contributed by atoms with Gasteiger partial charge in [0.1, 0.15) is 11.3 Å². The summed E-state index contributed by atoms with van der Waals surface area (Å²) in [6, 6.07) is 3.59. The maximum Gasteiger partial charge on any atom is 0.332 e. The molecule has 3 aromatic rings. The van der Waals surface area contributed by atoms with Crippen LogP contribution < -0.4 is 16.6 Å². The number of hydrogen-bond donors (Lipinski definition) is 2. The molecule has 0 aromatic carbocycles. The molecule has 0 bridgehead atoms. The van der Waals surface area contributed by atoms with Crippen molar-refractivity contribution >= 4 is 17.1 Å². The number of carbonyl (C=O) groups is 1. The smallest absolute Gasteiger partial charge is 0.332 e. The van der Waals surface area contributed by atoms with Crippen molar-refractivity contribution in [3.63, 3.8) is 0 Å². The lowest BCUT2D eigenvalue weighted by atomic mass is 10.3. The van der Waals surface area contributed by atoms with E-state index < -0.39 is 11.2 Å². The normalized spacial score (nSPS) is 11.0. The molecule has 0 saturated carbocycles. The van der Waals surface area contributed by atoms with Gasteiger partial charge in [-0.05, 0) is 18.6 Å². The second-order valence-electron chi connectivity index (χ2n) is 5.90. The van der Waals surface area contributed by atoms with Crippen LogP contribution in [0.15, 0.2) is 34.1 Å². The Morgan fingerprint density at radius 1 is 1.27 bits per heavy atom. The molecule has 0 fully saturated rings. The maximum absolute atomic E-state index is 12.8. The molecule has 3 rings (SSSR count). The molecule has 0 saturated heterocycles. The van der Waals surface area contributed by atoms with E-state index in [0.29, 0.717) is 24.4 Å². The van der Waals surface area contributed by atoms with Crippen LogP contribution in [0.25, 0.3) is 22.6 Å². The number of hydrogen-bond acceptors (Lipinski definition) is 5. The van der Waals surface area contributed by atoms with Crippen molar-refractivity contribution in [2.24, 2.45) is 0 Å². The number of aromatic amines is 1. The summed E-state index contributed by atoms with van der Waals surface area (Å²) in [6.07, 6.45) is 4.00. The Bertz CT molecular complexity index is 1050. The van der Waals surface area contributed by atoms with E-state index >= 15 is 0 Å². The summed E-state index contributed by atoms with van der Waals surface area (Å²) in [5.41, 5.74) is 0.434. The monoisotopic (exact) mass is 356 g/mol. The molecule has 2 N–H and O–H groups in total. The van der Waals surface area contributed by atoms with Gasteiger partial charge in [0.15, 0.2) is 5.65 Å². The Balaban J connectivity index is 2.16. The van der Waals surface area contributed by atoms with Crippen LogP contribution in [-0.2, 0) is 17.9 Å². The van der Waals surface area contributed by atoms with Crippen LogP contribution in [0.4, 0.5) is 0 Å². The van der Waals surface area contributed by atoms with E-state index in [-0.39, 0.29) is 24.5 Å². The lowest BCUT2D eigenvalue weighted by molar-refractivity contribution is -0.118. The van der Waals surface area contributed by atoms with Crippen molar-refractivity contribution in [1.29, 1.82) is 0 Å². The number of aromatic nitrogens is 5. The van der Waals surface area contributed by atoms with Crippen LogP contribution in [0.1, 0.15) is 20.3 Å². The molecule has 0 aliphatic carbocycles. The first kappa shape index (κ1) is 17.6. The fourth-order valence-electron chi connectivity index (χ4n) is 2.77. The van der Waals surface area contributed by atoms with Gasteiger partial charge in [0.05, 0.1) is 0 Å². The van der Waals surface area contributed by atoms with Gasteiger partial charge in [-0.25, -0.2) is 9.78 Å². The molecule has 0 aliphatic rings. The number of amides is 1. The zero-order valence-electron chi connectivity index (χ0n) is 14.7. The van der Waals surface area contributed by atoms with Crippen molar-refractivity contribution in [3.05, 3.63) is 45.4 Å². The molecule has 9 heteroatoms. The summed E-state index contributed by atoms with van der Waals surface area (Å²) in [4.78, 5) is 48.1. The average Bonchev–Trinajstić information content (AvgIpc) is 3.07. The van der Waals surface area contributed by atoms with Gasteiger partial charge in [0, 0.05) is 44.5 Å². The number of carbonyl (C=O) groups excluding carboxylic acids is 1. The van der Waals surface area contributed by atoms with Crippen molar-refractivity contribution in [1.82, 2.24) is 29.4 Å². The SMILES string of the molecule is CCCn1c(=O)n(CCNC(C)=O)c(=O)c2[nH]c(-c3cccnc3)nc21. The van der Waals surface area contributed by atoms with Gasteiger partial charge in [-0.2, -0.15) is 0 Å². The highest BCUT2D eigenvalue weighted by Crippen LogP contribution is 2.17. The summed E-state index contributed by atoms with van der Waals surface area (Å²) in [5, 5.41) is 2.60. The minimum Gasteiger partial charge on any atom is -0.355 e. The number of fused-ring (bicyclic) bond motifs is 1. The maximum atomic E-state index is 12.8. The van der Waals surface area contributed by atoms with Gasteiger partial charge in [-0.3, -0.25) is 23.7 Å². The molecule has 0 radical (unpaired) electrons. The number of aryl methyl sites for hydroxylation is 1. The van der Waals surface area contributed by atoms with Gasteiger partial charge in [0.2, 0.25) is 5.91 Å². The molecule has 3 aromatic heterocycles. The first-order valence-electron chi connectivity index (χ1n) is 8.41. The van der Waals surface area contributed by atoms with Gasteiger partial charge in [0.25, 0.3) is 5.56 Å². The fourth-order valence-corrected chi connectivity index (χ4v) is 2.77. The number of pyridine rings is 1. The molecule has 0 spiro atoms. The van der Waals surface area contributed by atoms with Crippen molar-refractivity contribution in [3.8, 4) is 11.4 Å². The van der Waals surface area contributed by atoms with Gasteiger partial charge >= 0.3 is 5.69 Å². The van der Waals surface area contributed by atoms with Crippen LogP contribution in [0.5, 0.6) is 0 Å². The fraction of sp³-hybridized carbons (Fsp3) is 0.353. The lowest BCUT2D eigenvalue weighted by Gasteiger charge is -2.10. The van der Waals surface area contributed by atoms with Crippen LogP contribution in [0.2, 0.25) is 0 Å². The number of nitrogens with one attached hydrogen (secondary N) is 2. The Morgan fingerprint density at radius 3 is 2.73 bits per heavy atom. The van der Waals surface area contributed by atoms with Crippen LogP contribution in [0, 0.1) is 0 Å². The highest BCUT2D eigenvalue weighted by atomic mass is 16.2. The van der Waals surface area contributed by atoms with E-state index in [1.807, 2.05) is 13.0 Å². The van der Waals surface area contributed by atoms with Gasteiger partial charge < -0.3 is 10.3 Å². The quantitative estimate of drug-likeness (QED) is 0.667. The predicted molar refractivity (Wildman–Crippen MR) is 96.8 cm³/mol. The molecule has 26 heavy (non-hydrogen) atoms. The molecule has 0 atom stereocenters. The highest BCUT2D eigenvalue weighted by molar-refractivity contribution is 5.75. The van der Waals surface area contributed by atoms with E-state index in [2.05, 4.69) is 20.3 Å². The van der Waals surface area contributed by atoms with Gasteiger partial charge in [-0.15, -0.1) is 0 Å². The molecule has 1 amide bonds. The van der Waals surface area contributed by atoms with Gasteiger partial charge in [-0.1, -0.05) is 6.92 Å². The molecule has 3 heterocycles. The van der Waals surface area contributed by atoms with E-state index in [4.69, 9.17) is 0 Å². The standard InChI is InChI=1S/C17H20N6O3/c1-3-8-22-15-13(20-14(21-15)12-5-4-6-18-10-12)16(25)23(17(22)26)9-7-19-11(2)24/h4-6,10H,3,7-9H2,1-2H3,(H,19,24)(H,20,21). The Morgan fingerprint density at radius 2 is 2.08 bits per heavy atom. The third-order valence-corrected chi connectivity index (χ3v) is 3.95. The molecular formula is C17H20N6O3. The molecule has 0 aliphatic heterocycles. The number of rotatable bonds is 6. The van der Waals surface area contributed by atoms with Crippen molar-refractivity contribution in [2.75, 3.05) is 6.54 Å². The summed E-state index contributed by atoms with van der Waals surface area (Å²) < 4.78 is 2.61. The molecule has 0 unspecified atom stereocenters. The molecule has 136 valence electrons. The average molecular weight is 356 g/mol. The van der Waals surface area contributed by atoms with Crippen LogP contribution >= 0.6 is 0 Å². The first-order chi connectivity index (χ1) is 12.5. The summed E-state index contributed by atoms with van der Waals surface area (Å²) in [6.45, 7) is 4.06. The van der Waals surface area contributed by atoms with Crippen LogP contribution in [-0.4, -0.2) is 36.5 Å². The lowest BCUT2D eigenvalue weighted by Crippen LogP contribution is -2.42. The minimum absolute atomic E-state index is 0.0954. The Kier molecular flexibility index (Phi) is 4.97. The molecule has 9 nitrogen and oxygen atoms in total. The third-order valence-electron chi connectivity index (χ3n) is 3.95.